The summed E-state index contributed by atoms with van der Waals surface area (Å²) in [6.07, 6.45) is -7.71. The van der Waals surface area contributed by atoms with E-state index in [4.69, 9.17) is 14.2 Å². The monoisotopic (exact) mass is 376 g/mol. The van der Waals surface area contributed by atoms with Crippen molar-refractivity contribution in [2.75, 3.05) is 6.61 Å². The standard InChI is InChI=1S/C16H24O10/c1-5-8(18)2-6-7(14(22)23)4-24-15(10(5)6)26-16-13(21)12(20)11(19)9(3-17)25-16/h4-6,8-13,15-21H,2-3H2,1H3,(H,22,23)/t5?,6-,8+,9-,10-,11-,12-,13-,15+,16+/m1/s1. The topological polar surface area (TPSA) is 166 Å². The molecule has 1 saturated carbocycles. The molecule has 0 aromatic rings. The fraction of sp³-hybridized carbons (Fsp3) is 0.812. The minimum absolute atomic E-state index is 0.0343. The van der Waals surface area contributed by atoms with E-state index in [0.717, 1.165) is 6.26 Å². The second-order valence-corrected chi connectivity index (χ2v) is 7.06. The van der Waals surface area contributed by atoms with Crippen LogP contribution in [0.3, 0.4) is 0 Å². The Labute approximate surface area is 149 Å². The third kappa shape index (κ3) is 3.22. The van der Waals surface area contributed by atoms with Crippen molar-refractivity contribution in [1.82, 2.24) is 0 Å². The highest BCUT2D eigenvalue weighted by atomic mass is 16.8. The van der Waals surface area contributed by atoms with Gasteiger partial charge >= 0.3 is 5.97 Å². The maximum Gasteiger partial charge on any atom is 0.334 e. The van der Waals surface area contributed by atoms with Crippen molar-refractivity contribution in [3.63, 3.8) is 0 Å². The number of rotatable bonds is 4. The number of carbonyl (C=O) groups is 1. The van der Waals surface area contributed by atoms with Gasteiger partial charge < -0.3 is 44.8 Å². The van der Waals surface area contributed by atoms with Gasteiger partial charge in [0.15, 0.2) is 6.29 Å². The van der Waals surface area contributed by atoms with Gasteiger partial charge in [-0.2, -0.15) is 0 Å². The van der Waals surface area contributed by atoms with Crippen molar-refractivity contribution in [3.8, 4) is 0 Å². The maximum atomic E-state index is 11.4. The SMILES string of the molecule is CC1[C@H]2[C@H](O[C@@H]3O[C@H](CO)[C@@H](O)[C@@H](O)[C@H]3O)OC=C(C(=O)O)[C@H]2C[C@@H]1O. The minimum atomic E-state index is -1.60. The van der Waals surface area contributed by atoms with E-state index in [9.17, 15) is 35.4 Å². The zero-order valence-corrected chi connectivity index (χ0v) is 14.1. The summed E-state index contributed by atoms with van der Waals surface area (Å²) in [7, 11) is 0. The molecule has 6 N–H and O–H groups in total. The predicted octanol–water partition coefficient (Wildman–Crippen LogP) is -2.24. The molecule has 2 aliphatic heterocycles. The Morgan fingerprint density at radius 2 is 1.88 bits per heavy atom. The second-order valence-electron chi connectivity index (χ2n) is 7.06. The number of aliphatic carboxylic acids is 1. The maximum absolute atomic E-state index is 11.4. The van der Waals surface area contributed by atoms with Gasteiger partial charge in [0, 0.05) is 11.8 Å². The van der Waals surface area contributed by atoms with Gasteiger partial charge in [0.05, 0.1) is 24.5 Å². The Morgan fingerprint density at radius 3 is 2.50 bits per heavy atom. The lowest BCUT2D eigenvalue weighted by Gasteiger charge is -2.43. The summed E-state index contributed by atoms with van der Waals surface area (Å²) >= 11 is 0. The van der Waals surface area contributed by atoms with E-state index < -0.39 is 67.5 Å². The lowest BCUT2D eigenvalue weighted by molar-refractivity contribution is -0.342. The molecule has 2 heterocycles. The van der Waals surface area contributed by atoms with E-state index in [1.165, 1.54) is 0 Å². The summed E-state index contributed by atoms with van der Waals surface area (Å²) < 4.78 is 16.3. The fourth-order valence-corrected chi connectivity index (χ4v) is 3.99. The Kier molecular flexibility index (Phi) is 5.54. The molecule has 3 rings (SSSR count). The molecule has 0 radical (unpaired) electrons. The van der Waals surface area contributed by atoms with Crippen LogP contribution in [0.5, 0.6) is 0 Å². The average molecular weight is 376 g/mol. The minimum Gasteiger partial charge on any atom is -0.478 e. The first-order chi connectivity index (χ1) is 12.3. The van der Waals surface area contributed by atoms with Gasteiger partial charge in [-0.15, -0.1) is 0 Å². The molecule has 0 aromatic carbocycles. The lowest BCUT2D eigenvalue weighted by atomic mass is 9.83. The Hall–Kier alpha value is -1.27. The van der Waals surface area contributed by atoms with Gasteiger partial charge in [-0.25, -0.2) is 4.79 Å². The molecule has 26 heavy (non-hydrogen) atoms. The molecular formula is C16H24O10. The summed E-state index contributed by atoms with van der Waals surface area (Å²) in [6.45, 7) is 1.15. The Morgan fingerprint density at radius 1 is 1.19 bits per heavy atom. The molecule has 0 bridgehead atoms. The van der Waals surface area contributed by atoms with Gasteiger partial charge in [0.1, 0.15) is 24.4 Å². The zero-order valence-electron chi connectivity index (χ0n) is 14.1. The van der Waals surface area contributed by atoms with Gasteiger partial charge in [-0.05, 0) is 12.3 Å². The molecule has 148 valence electrons. The molecular weight excluding hydrogens is 352 g/mol. The summed E-state index contributed by atoms with van der Waals surface area (Å²) in [6, 6.07) is 0. The van der Waals surface area contributed by atoms with Crippen LogP contribution in [0, 0.1) is 17.8 Å². The summed E-state index contributed by atoms with van der Waals surface area (Å²) in [4.78, 5) is 11.4. The van der Waals surface area contributed by atoms with Crippen molar-refractivity contribution in [2.24, 2.45) is 17.8 Å². The molecule has 2 fully saturated rings. The van der Waals surface area contributed by atoms with E-state index in [1.807, 2.05) is 0 Å². The van der Waals surface area contributed by atoms with Crippen molar-refractivity contribution in [1.29, 1.82) is 0 Å². The smallest absolute Gasteiger partial charge is 0.334 e. The molecule has 0 spiro atoms. The van der Waals surface area contributed by atoms with Crippen LogP contribution in [0.25, 0.3) is 0 Å². The van der Waals surface area contributed by atoms with Gasteiger partial charge in [0.2, 0.25) is 6.29 Å². The first kappa shape index (κ1) is 19.5. The van der Waals surface area contributed by atoms with Crippen LogP contribution in [-0.4, -0.2) is 86.3 Å². The molecule has 0 aromatic heterocycles. The van der Waals surface area contributed by atoms with Crippen LogP contribution >= 0.6 is 0 Å². The van der Waals surface area contributed by atoms with Gasteiger partial charge in [0.25, 0.3) is 0 Å². The number of carboxylic acid groups (broad SMARTS) is 1. The molecule has 10 heteroatoms. The first-order valence-electron chi connectivity index (χ1n) is 8.49. The van der Waals surface area contributed by atoms with Crippen LogP contribution in [0.4, 0.5) is 0 Å². The number of ether oxygens (including phenoxy) is 3. The van der Waals surface area contributed by atoms with Crippen molar-refractivity contribution >= 4 is 5.97 Å². The highest BCUT2D eigenvalue weighted by Crippen LogP contribution is 2.47. The molecule has 0 amide bonds. The van der Waals surface area contributed by atoms with E-state index in [0.29, 0.717) is 0 Å². The summed E-state index contributed by atoms with van der Waals surface area (Å²) in [5.74, 6) is -2.49. The second kappa shape index (κ2) is 7.39. The Balaban J connectivity index is 1.79. The van der Waals surface area contributed by atoms with Crippen LogP contribution in [-0.2, 0) is 19.0 Å². The molecule has 1 saturated heterocycles. The third-order valence-electron chi connectivity index (χ3n) is 5.58. The highest BCUT2D eigenvalue weighted by molar-refractivity contribution is 5.87. The van der Waals surface area contributed by atoms with Crippen molar-refractivity contribution < 1.29 is 49.6 Å². The lowest BCUT2D eigenvalue weighted by Crippen LogP contribution is -2.60. The van der Waals surface area contributed by atoms with Crippen LogP contribution in [0.2, 0.25) is 0 Å². The summed E-state index contributed by atoms with van der Waals surface area (Å²) in [5.41, 5.74) is 0.0343. The first-order valence-corrected chi connectivity index (χ1v) is 8.49. The van der Waals surface area contributed by atoms with Crippen molar-refractivity contribution in [2.45, 2.75) is 56.4 Å². The zero-order chi connectivity index (χ0) is 19.2. The molecule has 10 nitrogen and oxygen atoms in total. The third-order valence-corrected chi connectivity index (χ3v) is 5.58. The Bertz CT molecular complexity index is 563. The van der Waals surface area contributed by atoms with E-state index in [2.05, 4.69) is 0 Å². The normalized spacial score (nSPS) is 48.5. The van der Waals surface area contributed by atoms with Crippen LogP contribution < -0.4 is 0 Å². The average Bonchev–Trinajstić information content (AvgIpc) is 2.90. The predicted molar refractivity (Wildman–Crippen MR) is 82.2 cm³/mol. The van der Waals surface area contributed by atoms with E-state index >= 15 is 0 Å². The van der Waals surface area contributed by atoms with Crippen LogP contribution in [0.1, 0.15) is 13.3 Å². The number of aliphatic hydroxyl groups excluding tert-OH is 5. The largest absolute Gasteiger partial charge is 0.478 e. The number of carboxylic acids is 1. The number of hydrogen-bond donors (Lipinski definition) is 6. The summed E-state index contributed by atoms with van der Waals surface area (Å²) in [5, 5.41) is 58.5. The van der Waals surface area contributed by atoms with Crippen molar-refractivity contribution in [3.05, 3.63) is 11.8 Å². The fourth-order valence-electron chi connectivity index (χ4n) is 3.99. The van der Waals surface area contributed by atoms with E-state index in [1.54, 1.807) is 6.92 Å². The molecule has 3 aliphatic rings. The van der Waals surface area contributed by atoms with Gasteiger partial charge in [-0.1, -0.05) is 6.92 Å². The molecule has 1 unspecified atom stereocenters. The number of fused-ring (bicyclic) bond motifs is 1. The van der Waals surface area contributed by atoms with Gasteiger partial charge in [-0.3, -0.25) is 0 Å². The molecule has 10 atom stereocenters. The molecule has 1 aliphatic carbocycles. The van der Waals surface area contributed by atoms with E-state index in [-0.39, 0.29) is 17.9 Å². The quantitative estimate of drug-likeness (QED) is 0.316. The highest BCUT2D eigenvalue weighted by Gasteiger charge is 2.53. The number of aliphatic hydroxyl groups is 5. The van der Waals surface area contributed by atoms with Crippen LogP contribution in [0.15, 0.2) is 11.8 Å². The number of hydrogen-bond acceptors (Lipinski definition) is 9.